The number of methoxy groups -OCH3 is 1. The molecule has 4 nitrogen and oxygen atoms in total. The van der Waals surface area contributed by atoms with Gasteiger partial charge in [0.2, 0.25) is 5.78 Å². The maximum atomic E-state index is 12.9. The largest absolute Gasteiger partial charge is 0.497 e. The Balaban J connectivity index is 1.66. The fraction of sp³-hybridized carbons (Fsp3) is 0.273. The summed E-state index contributed by atoms with van der Waals surface area (Å²) in [5, 5.41) is 3.08. The standard InChI is InChI=1S/C22H21NO3/c1-13-3-4-14-10-18-19(11-15(14)9-13)22(25)20(12-21(18)24)23-16-5-7-17(26-2)8-6-16/h5-8,10-13,23H,3-4,9H2,1-2H3. The van der Waals surface area contributed by atoms with E-state index in [0.29, 0.717) is 22.7 Å². The fourth-order valence-corrected chi connectivity index (χ4v) is 3.73. The van der Waals surface area contributed by atoms with E-state index in [-0.39, 0.29) is 11.6 Å². The number of carbonyl (C=O) groups excluding carboxylic acids is 2. The van der Waals surface area contributed by atoms with E-state index in [9.17, 15) is 9.59 Å². The number of hydrogen-bond donors (Lipinski definition) is 1. The van der Waals surface area contributed by atoms with Crippen molar-refractivity contribution in [2.45, 2.75) is 26.2 Å². The summed E-state index contributed by atoms with van der Waals surface area (Å²) in [5.74, 6) is 1.11. The Bertz CT molecular complexity index is 925. The number of allylic oxidation sites excluding steroid dienone is 2. The van der Waals surface area contributed by atoms with Gasteiger partial charge in [0.1, 0.15) is 5.75 Å². The minimum absolute atomic E-state index is 0.114. The molecule has 1 unspecified atom stereocenters. The molecule has 0 aliphatic heterocycles. The van der Waals surface area contributed by atoms with Crippen molar-refractivity contribution in [3.05, 3.63) is 70.4 Å². The lowest BCUT2D eigenvalue weighted by Gasteiger charge is -2.25. The zero-order valence-electron chi connectivity index (χ0n) is 15.0. The third kappa shape index (κ3) is 2.92. The highest BCUT2D eigenvalue weighted by Crippen LogP contribution is 2.31. The van der Waals surface area contributed by atoms with Gasteiger partial charge in [-0.05, 0) is 72.7 Å². The van der Waals surface area contributed by atoms with E-state index in [1.165, 1.54) is 17.2 Å². The van der Waals surface area contributed by atoms with Crippen molar-refractivity contribution in [1.82, 2.24) is 0 Å². The van der Waals surface area contributed by atoms with Crippen LogP contribution in [0.2, 0.25) is 0 Å². The first kappa shape index (κ1) is 16.6. The second kappa shape index (κ2) is 6.45. The highest BCUT2D eigenvalue weighted by molar-refractivity contribution is 6.25. The van der Waals surface area contributed by atoms with Crippen LogP contribution in [0.3, 0.4) is 0 Å². The van der Waals surface area contributed by atoms with Crippen LogP contribution in [0, 0.1) is 5.92 Å². The van der Waals surface area contributed by atoms with Crippen molar-refractivity contribution in [1.29, 1.82) is 0 Å². The van der Waals surface area contributed by atoms with Crippen LogP contribution in [0.25, 0.3) is 0 Å². The Hall–Kier alpha value is -2.88. The number of ether oxygens (including phenoxy) is 1. The molecule has 132 valence electrons. The van der Waals surface area contributed by atoms with Crippen LogP contribution in [0.1, 0.15) is 45.2 Å². The number of Topliss-reactive ketones (excluding diaryl/α,β-unsaturated/α-hetero) is 1. The van der Waals surface area contributed by atoms with Crippen LogP contribution in [-0.2, 0) is 12.8 Å². The fourth-order valence-electron chi connectivity index (χ4n) is 3.73. The molecule has 2 aromatic carbocycles. The zero-order valence-corrected chi connectivity index (χ0v) is 15.0. The molecular weight excluding hydrogens is 326 g/mol. The molecule has 0 heterocycles. The Morgan fingerprint density at radius 2 is 1.77 bits per heavy atom. The predicted molar refractivity (Wildman–Crippen MR) is 101 cm³/mol. The van der Waals surface area contributed by atoms with Crippen molar-refractivity contribution in [2.75, 3.05) is 12.4 Å². The van der Waals surface area contributed by atoms with Gasteiger partial charge in [0.25, 0.3) is 0 Å². The zero-order chi connectivity index (χ0) is 18.3. The number of rotatable bonds is 3. The summed E-state index contributed by atoms with van der Waals surface area (Å²) in [6, 6.07) is 11.1. The monoisotopic (exact) mass is 347 g/mol. The molecule has 2 aliphatic carbocycles. The van der Waals surface area contributed by atoms with Gasteiger partial charge in [-0.1, -0.05) is 6.92 Å². The van der Waals surface area contributed by atoms with Crippen LogP contribution in [0.4, 0.5) is 5.69 Å². The predicted octanol–water partition coefficient (Wildman–Crippen LogP) is 4.20. The molecule has 0 radical (unpaired) electrons. The first-order valence-corrected chi connectivity index (χ1v) is 8.92. The summed E-state index contributed by atoms with van der Waals surface area (Å²) in [7, 11) is 1.60. The maximum Gasteiger partial charge on any atom is 0.210 e. The summed E-state index contributed by atoms with van der Waals surface area (Å²) in [5.41, 5.74) is 4.52. The van der Waals surface area contributed by atoms with Gasteiger partial charge in [-0.25, -0.2) is 0 Å². The van der Waals surface area contributed by atoms with Crippen molar-refractivity contribution in [3.63, 3.8) is 0 Å². The van der Waals surface area contributed by atoms with E-state index >= 15 is 0 Å². The van der Waals surface area contributed by atoms with Gasteiger partial charge in [0.05, 0.1) is 12.8 Å². The molecule has 0 saturated carbocycles. The van der Waals surface area contributed by atoms with Crippen LogP contribution in [-0.4, -0.2) is 18.7 Å². The number of fused-ring (bicyclic) bond motifs is 2. The van der Waals surface area contributed by atoms with Gasteiger partial charge in [0, 0.05) is 22.9 Å². The molecule has 4 heteroatoms. The molecule has 2 aromatic rings. The Morgan fingerprint density at radius 3 is 2.50 bits per heavy atom. The first-order chi connectivity index (χ1) is 12.5. The minimum Gasteiger partial charge on any atom is -0.497 e. The molecule has 0 amide bonds. The van der Waals surface area contributed by atoms with Crippen molar-refractivity contribution >= 4 is 17.3 Å². The molecule has 0 bridgehead atoms. The average molecular weight is 347 g/mol. The number of ketones is 2. The number of carbonyl (C=O) groups is 2. The van der Waals surface area contributed by atoms with E-state index in [1.54, 1.807) is 7.11 Å². The summed E-state index contributed by atoms with van der Waals surface area (Å²) >= 11 is 0. The summed E-state index contributed by atoms with van der Waals surface area (Å²) in [4.78, 5) is 25.5. The third-order valence-corrected chi connectivity index (χ3v) is 5.21. The van der Waals surface area contributed by atoms with Crippen molar-refractivity contribution in [3.8, 4) is 5.75 Å². The van der Waals surface area contributed by atoms with Crippen LogP contribution >= 0.6 is 0 Å². The van der Waals surface area contributed by atoms with Gasteiger partial charge in [-0.2, -0.15) is 0 Å². The summed E-state index contributed by atoms with van der Waals surface area (Å²) in [6.07, 6.45) is 4.49. The minimum atomic E-state index is -0.128. The smallest absolute Gasteiger partial charge is 0.210 e. The molecule has 0 fully saturated rings. The Morgan fingerprint density at radius 1 is 1.04 bits per heavy atom. The Labute approximate surface area is 152 Å². The lowest BCUT2D eigenvalue weighted by Crippen LogP contribution is -2.23. The molecule has 1 atom stereocenters. The lowest BCUT2D eigenvalue weighted by atomic mass is 9.80. The molecule has 0 aromatic heterocycles. The van der Waals surface area contributed by atoms with Crippen LogP contribution < -0.4 is 10.1 Å². The maximum absolute atomic E-state index is 12.9. The van der Waals surface area contributed by atoms with Crippen LogP contribution in [0.5, 0.6) is 5.75 Å². The van der Waals surface area contributed by atoms with Gasteiger partial charge >= 0.3 is 0 Å². The molecular formula is C22H21NO3. The summed E-state index contributed by atoms with van der Waals surface area (Å²) < 4.78 is 5.14. The number of aryl methyl sites for hydroxylation is 1. The van der Waals surface area contributed by atoms with E-state index in [0.717, 1.165) is 30.7 Å². The number of nitrogens with one attached hydrogen (secondary N) is 1. The number of anilines is 1. The van der Waals surface area contributed by atoms with Crippen molar-refractivity contribution in [2.24, 2.45) is 5.92 Å². The van der Waals surface area contributed by atoms with E-state index in [2.05, 4.69) is 12.2 Å². The van der Waals surface area contributed by atoms with Gasteiger partial charge in [-0.3, -0.25) is 9.59 Å². The number of hydrogen-bond acceptors (Lipinski definition) is 4. The number of benzene rings is 2. The van der Waals surface area contributed by atoms with Gasteiger partial charge < -0.3 is 10.1 Å². The van der Waals surface area contributed by atoms with Gasteiger partial charge in [-0.15, -0.1) is 0 Å². The Kier molecular flexibility index (Phi) is 4.11. The molecule has 26 heavy (non-hydrogen) atoms. The lowest BCUT2D eigenvalue weighted by molar-refractivity contribution is 0.0985. The molecule has 2 aliphatic rings. The van der Waals surface area contributed by atoms with E-state index in [1.807, 2.05) is 36.4 Å². The third-order valence-electron chi connectivity index (χ3n) is 5.21. The van der Waals surface area contributed by atoms with E-state index in [4.69, 9.17) is 4.74 Å². The van der Waals surface area contributed by atoms with Gasteiger partial charge in [0.15, 0.2) is 5.78 Å². The topological polar surface area (TPSA) is 55.4 Å². The quantitative estimate of drug-likeness (QED) is 0.904. The summed E-state index contributed by atoms with van der Waals surface area (Å²) in [6.45, 7) is 2.23. The highest BCUT2D eigenvalue weighted by Gasteiger charge is 2.28. The SMILES string of the molecule is COc1ccc(NC2=CC(=O)c3cc4c(cc3C2=O)CC(C)CC4)cc1. The second-order valence-corrected chi connectivity index (χ2v) is 7.12. The molecule has 4 rings (SSSR count). The first-order valence-electron chi connectivity index (χ1n) is 8.92. The van der Waals surface area contributed by atoms with E-state index < -0.39 is 0 Å². The van der Waals surface area contributed by atoms with Crippen molar-refractivity contribution < 1.29 is 14.3 Å². The normalized spacial score (nSPS) is 18.7. The molecule has 0 spiro atoms. The second-order valence-electron chi connectivity index (χ2n) is 7.12. The van der Waals surface area contributed by atoms with Crippen LogP contribution in [0.15, 0.2) is 48.2 Å². The molecule has 1 N–H and O–H groups in total. The highest BCUT2D eigenvalue weighted by atomic mass is 16.5. The molecule has 0 saturated heterocycles. The average Bonchev–Trinajstić information content (AvgIpc) is 2.65.